The first-order valence-corrected chi connectivity index (χ1v) is 9.48. The van der Waals surface area contributed by atoms with Gasteiger partial charge in [0.1, 0.15) is 0 Å². The topological polar surface area (TPSA) is 21.3 Å². The van der Waals surface area contributed by atoms with E-state index in [9.17, 15) is 0 Å². The van der Waals surface area contributed by atoms with Gasteiger partial charge in [0.05, 0.1) is 5.60 Å². The van der Waals surface area contributed by atoms with E-state index in [1.807, 2.05) is 0 Å². The second-order valence-corrected chi connectivity index (χ2v) is 7.75. The van der Waals surface area contributed by atoms with E-state index in [0.717, 1.165) is 30.9 Å². The number of hydrogen-bond donors (Lipinski definition) is 1. The molecule has 0 aliphatic heterocycles. The van der Waals surface area contributed by atoms with Crippen molar-refractivity contribution in [1.82, 2.24) is 5.32 Å². The summed E-state index contributed by atoms with van der Waals surface area (Å²) in [6.45, 7) is 11.2. The first kappa shape index (κ1) is 17.3. The molecule has 0 aromatic carbocycles. The van der Waals surface area contributed by atoms with Crippen molar-refractivity contribution in [2.75, 3.05) is 13.2 Å². The third-order valence-corrected chi connectivity index (χ3v) is 5.99. The van der Waals surface area contributed by atoms with Gasteiger partial charge in [0.15, 0.2) is 0 Å². The van der Waals surface area contributed by atoms with Crippen LogP contribution in [0.25, 0.3) is 0 Å². The number of likely N-dealkylation sites (N-methyl/N-ethyl adjacent to an activating group) is 1. The zero-order valence-electron chi connectivity index (χ0n) is 14.8. The molecule has 0 amide bonds. The Morgan fingerprint density at radius 3 is 2.33 bits per heavy atom. The van der Waals surface area contributed by atoms with E-state index in [2.05, 4.69) is 33.0 Å². The summed E-state index contributed by atoms with van der Waals surface area (Å²) < 4.78 is 6.46. The SMILES string of the molecule is CCNC(C1CCCC(C)C1)C1(OCC)CCC(C)CC1. The number of hydrogen-bond acceptors (Lipinski definition) is 2. The molecule has 2 aliphatic rings. The van der Waals surface area contributed by atoms with Gasteiger partial charge in [-0.2, -0.15) is 0 Å². The Labute approximate surface area is 132 Å². The van der Waals surface area contributed by atoms with Crippen molar-refractivity contribution in [3.63, 3.8) is 0 Å². The smallest absolute Gasteiger partial charge is 0.0837 e. The first-order valence-electron chi connectivity index (χ1n) is 9.48. The maximum absolute atomic E-state index is 6.46. The van der Waals surface area contributed by atoms with Gasteiger partial charge in [-0.3, -0.25) is 0 Å². The third kappa shape index (κ3) is 4.22. The van der Waals surface area contributed by atoms with Crippen LogP contribution in [0.2, 0.25) is 0 Å². The molecule has 3 atom stereocenters. The zero-order chi connectivity index (χ0) is 15.3. The fourth-order valence-electron chi connectivity index (χ4n) is 4.87. The van der Waals surface area contributed by atoms with Crippen LogP contribution in [0.15, 0.2) is 0 Å². The fourth-order valence-corrected chi connectivity index (χ4v) is 4.87. The van der Waals surface area contributed by atoms with Crippen molar-refractivity contribution in [2.24, 2.45) is 17.8 Å². The molecule has 0 bridgehead atoms. The van der Waals surface area contributed by atoms with Crippen LogP contribution in [0, 0.1) is 17.8 Å². The maximum atomic E-state index is 6.46. The predicted octanol–water partition coefficient (Wildman–Crippen LogP) is 4.78. The van der Waals surface area contributed by atoms with Gasteiger partial charge < -0.3 is 10.1 Å². The van der Waals surface area contributed by atoms with Crippen LogP contribution in [0.4, 0.5) is 0 Å². The Hall–Kier alpha value is -0.0800. The normalized spacial score (nSPS) is 39.1. The highest BCUT2D eigenvalue weighted by Crippen LogP contribution is 2.43. The van der Waals surface area contributed by atoms with E-state index in [4.69, 9.17) is 4.74 Å². The van der Waals surface area contributed by atoms with Gasteiger partial charge in [0, 0.05) is 12.6 Å². The van der Waals surface area contributed by atoms with Crippen molar-refractivity contribution >= 4 is 0 Å². The number of rotatable bonds is 6. The molecule has 0 heterocycles. The molecule has 1 N–H and O–H groups in total. The summed E-state index contributed by atoms with van der Waals surface area (Å²) in [7, 11) is 0. The molecule has 0 radical (unpaired) electrons. The van der Waals surface area contributed by atoms with E-state index in [0.29, 0.717) is 6.04 Å². The average Bonchev–Trinajstić information content (AvgIpc) is 2.48. The molecule has 0 saturated heterocycles. The lowest BCUT2D eigenvalue weighted by Crippen LogP contribution is -2.58. The van der Waals surface area contributed by atoms with Crippen molar-refractivity contribution in [3.05, 3.63) is 0 Å². The number of nitrogens with one attached hydrogen (secondary N) is 1. The quantitative estimate of drug-likeness (QED) is 0.761. The lowest BCUT2D eigenvalue weighted by Gasteiger charge is -2.49. The van der Waals surface area contributed by atoms with Crippen LogP contribution in [0.5, 0.6) is 0 Å². The molecule has 124 valence electrons. The minimum Gasteiger partial charge on any atom is -0.374 e. The van der Waals surface area contributed by atoms with Crippen molar-refractivity contribution in [2.45, 2.75) is 90.7 Å². The van der Waals surface area contributed by atoms with Crippen LogP contribution in [0.1, 0.15) is 79.1 Å². The van der Waals surface area contributed by atoms with Crippen molar-refractivity contribution < 1.29 is 4.74 Å². The standard InChI is InChI=1S/C19H37NO/c1-5-20-18(17-9-7-8-16(4)14-17)19(21-6-2)12-10-15(3)11-13-19/h15-18,20H,5-14H2,1-4H3. The molecule has 2 nitrogen and oxygen atoms in total. The van der Waals surface area contributed by atoms with Gasteiger partial charge in [0.25, 0.3) is 0 Å². The van der Waals surface area contributed by atoms with Crippen molar-refractivity contribution in [1.29, 1.82) is 0 Å². The minimum atomic E-state index is 0.110. The van der Waals surface area contributed by atoms with Gasteiger partial charge >= 0.3 is 0 Å². The maximum Gasteiger partial charge on any atom is 0.0837 e. The van der Waals surface area contributed by atoms with Crippen molar-refractivity contribution in [3.8, 4) is 0 Å². The summed E-state index contributed by atoms with van der Waals surface area (Å²) in [5.74, 6) is 2.59. The molecule has 2 saturated carbocycles. The van der Waals surface area contributed by atoms with Crippen LogP contribution in [0.3, 0.4) is 0 Å². The fraction of sp³-hybridized carbons (Fsp3) is 1.00. The van der Waals surface area contributed by atoms with Gasteiger partial charge in [-0.15, -0.1) is 0 Å². The molecule has 0 aromatic heterocycles. The van der Waals surface area contributed by atoms with E-state index in [1.165, 1.54) is 51.4 Å². The summed E-state index contributed by atoms with van der Waals surface area (Å²) in [6.07, 6.45) is 10.8. The van der Waals surface area contributed by atoms with Crippen LogP contribution >= 0.6 is 0 Å². The van der Waals surface area contributed by atoms with Crippen LogP contribution in [-0.4, -0.2) is 24.8 Å². The van der Waals surface area contributed by atoms with Gasteiger partial charge in [-0.05, 0) is 69.7 Å². The van der Waals surface area contributed by atoms with Crippen LogP contribution in [-0.2, 0) is 4.74 Å². The summed E-state index contributed by atoms with van der Waals surface area (Å²) in [5, 5.41) is 3.86. The highest BCUT2D eigenvalue weighted by Gasteiger charge is 2.45. The van der Waals surface area contributed by atoms with Gasteiger partial charge in [-0.1, -0.05) is 33.6 Å². The third-order valence-electron chi connectivity index (χ3n) is 5.99. The Morgan fingerprint density at radius 1 is 1.05 bits per heavy atom. The second kappa shape index (κ2) is 7.97. The lowest BCUT2D eigenvalue weighted by molar-refractivity contribution is -0.112. The van der Waals surface area contributed by atoms with E-state index in [-0.39, 0.29) is 5.60 Å². The molecule has 2 rings (SSSR count). The molecule has 2 heteroatoms. The highest BCUT2D eigenvalue weighted by atomic mass is 16.5. The summed E-state index contributed by atoms with van der Waals surface area (Å²) in [5.41, 5.74) is 0.110. The molecule has 2 fully saturated rings. The Bertz CT molecular complexity index is 296. The Kier molecular flexibility index (Phi) is 6.55. The molecule has 2 aliphatic carbocycles. The molecule has 0 spiro atoms. The summed E-state index contributed by atoms with van der Waals surface area (Å²) in [6, 6.07) is 0.567. The molecule has 3 unspecified atom stereocenters. The second-order valence-electron chi connectivity index (χ2n) is 7.75. The summed E-state index contributed by atoms with van der Waals surface area (Å²) in [4.78, 5) is 0. The van der Waals surface area contributed by atoms with Crippen LogP contribution < -0.4 is 5.32 Å². The molecule has 0 aromatic rings. The predicted molar refractivity (Wildman–Crippen MR) is 90.6 cm³/mol. The van der Waals surface area contributed by atoms with E-state index < -0.39 is 0 Å². The Morgan fingerprint density at radius 2 is 1.76 bits per heavy atom. The van der Waals surface area contributed by atoms with E-state index >= 15 is 0 Å². The number of ether oxygens (including phenoxy) is 1. The Balaban J connectivity index is 2.15. The average molecular weight is 296 g/mol. The molecular weight excluding hydrogens is 258 g/mol. The zero-order valence-corrected chi connectivity index (χ0v) is 14.8. The minimum absolute atomic E-state index is 0.110. The van der Waals surface area contributed by atoms with Gasteiger partial charge in [0.2, 0.25) is 0 Å². The first-order chi connectivity index (χ1) is 10.1. The van der Waals surface area contributed by atoms with E-state index in [1.54, 1.807) is 0 Å². The summed E-state index contributed by atoms with van der Waals surface area (Å²) >= 11 is 0. The molecule has 21 heavy (non-hydrogen) atoms. The lowest BCUT2D eigenvalue weighted by atomic mass is 9.67. The van der Waals surface area contributed by atoms with Gasteiger partial charge in [-0.25, -0.2) is 0 Å². The largest absolute Gasteiger partial charge is 0.374 e. The molecular formula is C19H37NO. The monoisotopic (exact) mass is 295 g/mol. The highest BCUT2D eigenvalue weighted by molar-refractivity contribution is 5.00.